The average molecular weight is 311 g/mol. The second kappa shape index (κ2) is 7.50. The number of carbonyl (C=O) groups excluding carboxylic acids is 1. The van der Waals surface area contributed by atoms with E-state index < -0.39 is 17.6 Å². The quantitative estimate of drug-likeness (QED) is 0.670. The number of hydrogen-bond donors (Lipinski definition) is 1. The van der Waals surface area contributed by atoms with Crippen LogP contribution in [0.4, 0.5) is 18.9 Å². The van der Waals surface area contributed by atoms with Crippen molar-refractivity contribution >= 4 is 11.6 Å². The number of anilines is 1. The van der Waals surface area contributed by atoms with E-state index in [0.29, 0.717) is 13.1 Å². The first-order valence-corrected chi connectivity index (χ1v) is 6.66. The van der Waals surface area contributed by atoms with E-state index >= 15 is 0 Å². The lowest BCUT2D eigenvalue weighted by Crippen LogP contribution is -2.21. The molecule has 0 aliphatic rings. The number of nitrogens with one attached hydrogen (secondary N) is 1. The Labute approximate surface area is 126 Å². The highest BCUT2D eigenvalue weighted by molar-refractivity contribution is 6.06. The van der Waals surface area contributed by atoms with E-state index in [-0.39, 0.29) is 11.3 Å². The summed E-state index contributed by atoms with van der Waals surface area (Å²) in [5, 5.41) is 11.3. The summed E-state index contributed by atoms with van der Waals surface area (Å²) in [5.74, 6) is -0.742. The number of nitrogens with zero attached hydrogens (tertiary/aromatic N) is 2. The highest BCUT2D eigenvalue weighted by Gasteiger charge is 2.30. The van der Waals surface area contributed by atoms with Gasteiger partial charge in [-0.15, -0.1) is 0 Å². The topological polar surface area (TPSA) is 56.1 Å². The Morgan fingerprint density at radius 2 is 2.00 bits per heavy atom. The van der Waals surface area contributed by atoms with Gasteiger partial charge in [0.2, 0.25) is 0 Å². The molecule has 0 fully saturated rings. The second-order valence-electron chi connectivity index (χ2n) is 4.41. The summed E-state index contributed by atoms with van der Waals surface area (Å²) < 4.78 is 37.8. The molecule has 1 aromatic rings. The maximum absolute atomic E-state index is 12.6. The second-order valence-corrected chi connectivity index (χ2v) is 4.41. The predicted molar refractivity (Wildman–Crippen MR) is 76.7 cm³/mol. The van der Waals surface area contributed by atoms with Crippen LogP contribution < -0.4 is 5.32 Å². The first-order valence-electron chi connectivity index (χ1n) is 6.66. The Bertz CT molecular complexity index is 599. The lowest BCUT2D eigenvalue weighted by atomic mass is 10.2. The van der Waals surface area contributed by atoms with Gasteiger partial charge >= 0.3 is 6.18 Å². The normalized spacial score (nSPS) is 11.7. The molecule has 4 nitrogen and oxygen atoms in total. The third-order valence-electron chi connectivity index (χ3n) is 2.94. The number of amides is 1. The third-order valence-corrected chi connectivity index (χ3v) is 2.94. The van der Waals surface area contributed by atoms with Crippen molar-refractivity contribution in [3.05, 3.63) is 41.6 Å². The lowest BCUT2D eigenvalue weighted by Gasteiger charge is -2.16. The lowest BCUT2D eigenvalue weighted by molar-refractivity contribution is -0.137. The zero-order valence-corrected chi connectivity index (χ0v) is 12.2. The summed E-state index contributed by atoms with van der Waals surface area (Å²) in [6.45, 7) is 4.94. The van der Waals surface area contributed by atoms with Crippen molar-refractivity contribution in [2.45, 2.75) is 20.0 Å². The van der Waals surface area contributed by atoms with Crippen LogP contribution in [-0.4, -0.2) is 23.9 Å². The fourth-order valence-corrected chi connectivity index (χ4v) is 1.70. The molecule has 118 valence electrons. The molecule has 7 heteroatoms. The van der Waals surface area contributed by atoms with Crippen LogP contribution >= 0.6 is 0 Å². The van der Waals surface area contributed by atoms with Gasteiger partial charge in [-0.25, -0.2) is 0 Å². The van der Waals surface area contributed by atoms with Gasteiger partial charge in [-0.1, -0.05) is 6.07 Å². The summed E-state index contributed by atoms with van der Waals surface area (Å²) in [4.78, 5) is 13.7. The Morgan fingerprint density at radius 1 is 1.36 bits per heavy atom. The van der Waals surface area contributed by atoms with Crippen LogP contribution in [0.1, 0.15) is 19.4 Å². The Kier molecular flexibility index (Phi) is 5.99. The van der Waals surface area contributed by atoms with Crippen LogP contribution in [0, 0.1) is 11.3 Å². The minimum atomic E-state index is -4.49. The number of carbonyl (C=O) groups is 1. The fraction of sp³-hybridized carbons (Fsp3) is 0.333. The third kappa shape index (κ3) is 4.81. The van der Waals surface area contributed by atoms with Gasteiger partial charge in [-0.2, -0.15) is 18.4 Å². The van der Waals surface area contributed by atoms with Crippen molar-refractivity contribution in [1.29, 1.82) is 5.26 Å². The highest BCUT2D eigenvalue weighted by atomic mass is 19.4. The molecule has 0 atom stereocenters. The van der Waals surface area contributed by atoms with Crippen LogP contribution in [0.15, 0.2) is 36.0 Å². The van der Waals surface area contributed by atoms with Crippen molar-refractivity contribution in [1.82, 2.24) is 4.90 Å². The number of alkyl halides is 3. The van der Waals surface area contributed by atoms with Gasteiger partial charge in [0.15, 0.2) is 0 Å². The van der Waals surface area contributed by atoms with E-state index in [0.717, 1.165) is 12.1 Å². The molecule has 0 spiro atoms. The number of nitriles is 1. The first-order chi connectivity index (χ1) is 10.3. The Morgan fingerprint density at radius 3 is 2.50 bits per heavy atom. The maximum atomic E-state index is 12.6. The summed E-state index contributed by atoms with van der Waals surface area (Å²) in [7, 11) is 0. The Hall–Kier alpha value is -2.49. The average Bonchev–Trinajstić information content (AvgIpc) is 2.48. The molecule has 0 aliphatic carbocycles. The number of rotatable bonds is 5. The molecule has 0 saturated heterocycles. The van der Waals surface area contributed by atoms with Gasteiger partial charge in [-0.3, -0.25) is 4.79 Å². The summed E-state index contributed by atoms with van der Waals surface area (Å²) in [6.07, 6.45) is -3.10. The van der Waals surface area contributed by atoms with Crippen LogP contribution in [0.3, 0.4) is 0 Å². The van der Waals surface area contributed by atoms with E-state index in [9.17, 15) is 18.0 Å². The molecule has 0 radical (unpaired) electrons. The van der Waals surface area contributed by atoms with Crippen LogP contribution in [0.5, 0.6) is 0 Å². The first kappa shape index (κ1) is 17.6. The molecule has 0 saturated carbocycles. The van der Waals surface area contributed by atoms with Gasteiger partial charge in [-0.05, 0) is 32.0 Å². The molecule has 0 bridgehead atoms. The van der Waals surface area contributed by atoms with Gasteiger partial charge in [0.25, 0.3) is 5.91 Å². The van der Waals surface area contributed by atoms with Crippen molar-refractivity contribution < 1.29 is 18.0 Å². The monoisotopic (exact) mass is 311 g/mol. The number of hydrogen-bond acceptors (Lipinski definition) is 3. The SMILES string of the molecule is CCN(/C=C(/C#N)C(=O)Nc1cccc(C(F)(F)F)c1)CC. The van der Waals surface area contributed by atoms with E-state index in [1.54, 1.807) is 11.0 Å². The van der Waals surface area contributed by atoms with Crippen LogP contribution in [0.2, 0.25) is 0 Å². The minimum Gasteiger partial charge on any atom is -0.377 e. The Balaban J connectivity index is 2.95. The zero-order chi connectivity index (χ0) is 16.8. The molecule has 0 unspecified atom stereocenters. The van der Waals surface area contributed by atoms with Crippen molar-refractivity contribution in [2.24, 2.45) is 0 Å². The van der Waals surface area contributed by atoms with E-state index in [2.05, 4.69) is 5.32 Å². The smallest absolute Gasteiger partial charge is 0.377 e. The van der Waals surface area contributed by atoms with Crippen LogP contribution in [0.25, 0.3) is 0 Å². The van der Waals surface area contributed by atoms with Crippen LogP contribution in [-0.2, 0) is 11.0 Å². The standard InChI is InChI=1S/C15H16F3N3O/c1-3-21(4-2)10-11(9-19)14(22)20-13-7-5-6-12(8-13)15(16,17)18/h5-8,10H,3-4H2,1-2H3,(H,20,22)/b11-10-. The molecule has 1 rings (SSSR count). The van der Waals surface area contributed by atoms with E-state index in [1.165, 1.54) is 18.3 Å². The minimum absolute atomic E-state index is 0.0134. The summed E-state index contributed by atoms with van der Waals surface area (Å²) >= 11 is 0. The van der Waals surface area contributed by atoms with Crippen molar-refractivity contribution in [2.75, 3.05) is 18.4 Å². The molecular formula is C15H16F3N3O. The largest absolute Gasteiger partial charge is 0.416 e. The van der Waals surface area contributed by atoms with Crippen molar-refractivity contribution in [3.8, 4) is 6.07 Å². The van der Waals surface area contributed by atoms with Crippen molar-refractivity contribution in [3.63, 3.8) is 0 Å². The molecule has 0 aliphatic heterocycles. The van der Waals surface area contributed by atoms with Gasteiger partial charge in [0, 0.05) is 25.0 Å². The molecular weight excluding hydrogens is 295 g/mol. The number of halogens is 3. The van der Waals surface area contributed by atoms with E-state index in [1.807, 2.05) is 13.8 Å². The maximum Gasteiger partial charge on any atom is 0.416 e. The zero-order valence-electron chi connectivity index (χ0n) is 12.2. The molecule has 0 heterocycles. The van der Waals surface area contributed by atoms with E-state index in [4.69, 9.17) is 5.26 Å². The molecule has 22 heavy (non-hydrogen) atoms. The molecule has 1 N–H and O–H groups in total. The predicted octanol–water partition coefficient (Wildman–Crippen LogP) is 3.39. The highest BCUT2D eigenvalue weighted by Crippen LogP contribution is 2.30. The molecule has 1 aromatic carbocycles. The number of benzene rings is 1. The summed E-state index contributed by atoms with van der Waals surface area (Å²) in [6, 6.07) is 6.01. The molecule has 0 aromatic heterocycles. The van der Waals surface area contributed by atoms with Gasteiger partial charge < -0.3 is 10.2 Å². The summed E-state index contributed by atoms with van der Waals surface area (Å²) in [5.41, 5.74) is -1.04. The molecule has 1 amide bonds. The van der Waals surface area contributed by atoms with Gasteiger partial charge in [0.1, 0.15) is 11.6 Å². The van der Waals surface area contributed by atoms with Gasteiger partial charge in [0.05, 0.1) is 5.56 Å². The fourth-order valence-electron chi connectivity index (χ4n) is 1.70.